The van der Waals surface area contributed by atoms with Crippen LogP contribution in [0.25, 0.3) is 0 Å². The Bertz CT molecular complexity index is 661. The molecule has 1 N–H and O–H groups in total. The van der Waals surface area contributed by atoms with Gasteiger partial charge in [-0.2, -0.15) is 0 Å². The molecule has 0 radical (unpaired) electrons. The average molecular weight is 388 g/mol. The molecule has 3 nitrogen and oxygen atoms in total. The number of aryl methyl sites for hydroxylation is 1. The van der Waals surface area contributed by atoms with Crippen LogP contribution in [0, 0.1) is 0 Å². The van der Waals surface area contributed by atoms with E-state index >= 15 is 0 Å². The van der Waals surface area contributed by atoms with Crippen LogP contribution in [-0.2, 0) is 13.0 Å². The fourth-order valence-electron chi connectivity index (χ4n) is 3.36. The standard InChI is InChI=1S/C21H29N3S2/c1-2-18-8-10-19(11-9-18)22-21(25)24(17-20-7-5-16-26-20)15-6-14-23-12-3-4-13-23/h5,7-11,16H,2-4,6,12-15,17H2,1H3,(H,22,25). The van der Waals surface area contributed by atoms with Gasteiger partial charge < -0.3 is 15.1 Å². The molecule has 140 valence electrons. The average Bonchev–Trinajstić information content (AvgIpc) is 3.35. The van der Waals surface area contributed by atoms with Gasteiger partial charge in [-0.05, 0) is 86.7 Å². The summed E-state index contributed by atoms with van der Waals surface area (Å²) in [6.07, 6.45) is 4.92. The van der Waals surface area contributed by atoms with E-state index in [-0.39, 0.29) is 0 Å². The molecule has 1 fully saturated rings. The molecule has 1 aliphatic heterocycles. The first-order valence-corrected chi connectivity index (χ1v) is 10.9. The van der Waals surface area contributed by atoms with Crippen molar-refractivity contribution in [2.75, 3.05) is 31.5 Å². The van der Waals surface area contributed by atoms with Crippen LogP contribution in [0.5, 0.6) is 0 Å². The highest BCUT2D eigenvalue weighted by atomic mass is 32.1. The van der Waals surface area contributed by atoms with Crippen molar-refractivity contribution in [2.24, 2.45) is 0 Å². The Morgan fingerprint density at radius 3 is 2.62 bits per heavy atom. The largest absolute Gasteiger partial charge is 0.344 e. The molecule has 0 saturated carbocycles. The quantitative estimate of drug-likeness (QED) is 0.643. The molecule has 0 amide bonds. The normalized spacial score (nSPS) is 14.5. The molecular formula is C21H29N3S2. The van der Waals surface area contributed by atoms with Crippen molar-refractivity contribution in [1.29, 1.82) is 0 Å². The van der Waals surface area contributed by atoms with E-state index in [2.05, 4.69) is 63.8 Å². The Labute approximate surface area is 167 Å². The fraction of sp³-hybridized carbons (Fsp3) is 0.476. The molecule has 0 spiro atoms. The second-order valence-electron chi connectivity index (χ2n) is 6.88. The lowest BCUT2D eigenvalue weighted by atomic mass is 10.1. The van der Waals surface area contributed by atoms with Gasteiger partial charge in [0.15, 0.2) is 5.11 Å². The molecule has 1 aliphatic rings. The highest BCUT2D eigenvalue weighted by Crippen LogP contribution is 2.16. The first-order chi connectivity index (χ1) is 12.7. The first kappa shape index (κ1) is 19.3. The van der Waals surface area contributed by atoms with Crippen LogP contribution in [0.1, 0.15) is 36.6 Å². The van der Waals surface area contributed by atoms with Crippen molar-refractivity contribution in [3.05, 3.63) is 52.2 Å². The number of thiocarbonyl (C=S) groups is 1. The van der Waals surface area contributed by atoms with Crippen molar-refractivity contribution in [3.8, 4) is 0 Å². The Hall–Kier alpha value is -1.43. The number of likely N-dealkylation sites (tertiary alicyclic amines) is 1. The fourth-order valence-corrected chi connectivity index (χ4v) is 4.35. The second-order valence-corrected chi connectivity index (χ2v) is 8.30. The van der Waals surface area contributed by atoms with Crippen molar-refractivity contribution in [3.63, 3.8) is 0 Å². The lowest BCUT2D eigenvalue weighted by Gasteiger charge is -2.26. The molecule has 0 unspecified atom stereocenters. The highest BCUT2D eigenvalue weighted by molar-refractivity contribution is 7.80. The summed E-state index contributed by atoms with van der Waals surface area (Å²) >= 11 is 7.54. The van der Waals surface area contributed by atoms with E-state index in [0.717, 1.165) is 36.7 Å². The van der Waals surface area contributed by atoms with Gasteiger partial charge in [0.25, 0.3) is 0 Å². The monoisotopic (exact) mass is 387 g/mol. The maximum atomic E-state index is 5.75. The Morgan fingerprint density at radius 2 is 1.96 bits per heavy atom. The zero-order chi connectivity index (χ0) is 18.2. The second kappa shape index (κ2) is 10.0. The summed E-state index contributed by atoms with van der Waals surface area (Å²) in [5, 5.41) is 6.39. The molecule has 26 heavy (non-hydrogen) atoms. The summed E-state index contributed by atoms with van der Waals surface area (Å²) in [7, 11) is 0. The van der Waals surface area contributed by atoms with Crippen molar-refractivity contribution >= 4 is 34.4 Å². The number of thiophene rings is 1. The molecule has 0 atom stereocenters. The molecule has 1 saturated heterocycles. The third-order valence-corrected chi connectivity index (χ3v) is 6.15. The minimum Gasteiger partial charge on any atom is -0.344 e. The molecule has 1 aromatic heterocycles. The zero-order valence-electron chi connectivity index (χ0n) is 15.6. The third-order valence-electron chi connectivity index (χ3n) is 4.93. The maximum Gasteiger partial charge on any atom is 0.173 e. The highest BCUT2D eigenvalue weighted by Gasteiger charge is 2.14. The zero-order valence-corrected chi connectivity index (χ0v) is 17.2. The van der Waals surface area contributed by atoms with Gasteiger partial charge >= 0.3 is 0 Å². The number of nitrogens with one attached hydrogen (secondary N) is 1. The molecule has 5 heteroatoms. The molecular weight excluding hydrogens is 358 g/mol. The molecule has 2 heterocycles. The summed E-state index contributed by atoms with van der Waals surface area (Å²) in [6, 6.07) is 12.9. The minimum atomic E-state index is 0.823. The van der Waals surface area contributed by atoms with Gasteiger partial charge in [0.05, 0.1) is 6.54 Å². The van der Waals surface area contributed by atoms with E-state index in [1.165, 1.54) is 42.9 Å². The van der Waals surface area contributed by atoms with Crippen molar-refractivity contribution < 1.29 is 0 Å². The summed E-state index contributed by atoms with van der Waals surface area (Å²) < 4.78 is 0. The van der Waals surface area contributed by atoms with Gasteiger partial charge in [0.1, 0.15) is 0 Å². The summed E-state index contributed by atoms with van der Waals surface area (Å²) in [4.78, 5) is 6.24. The number of rotatable bonds is 8. The van der Waals surface area contributed by atoms with E-state index in [9.17, 15) is 0 Å². The Morgan fingerprint density at radius 1 is 1.19 bits per heavy atom. The topological polar surface area (TPSA) is 18.5 Å². The third kappa shape index (κ3) is 5.79. The van der Waals surface area contributed by atoms with Gasteiger partial charge in [-0.25, -0.2) is 0 Å². The number of anilines is 1. The van der Waals surface area contributed by atoms with Crippen molar-refractivity contribution in [2.45, 2.75) is 39.2 Å². The van der Waals surface area contributed by atoms with E-state index in [1.807, 2.05) is 0 Å². The predicted molar refractivity (Wildman–Crippen MR) is 117 cm³/mol. The summed E-state index contributed by atoms with van der Waals surface area (Å²) in [6.45, 7) is 7.75. The van der Waals surface area contributed by atoms with Crippen LogP contribution in [0.15, 0.2) is 41.8 Å². The van der Waals surface area contributed by atoms with Gasteiger partial charge in [-0.1, -0.05) is 25.1 Å². The van der Waals surface area contributed by atoms with Gasteiger partial charge in [-0.15, -0.1) is 11.3 Å². The van der Waals surface area contributed by atoms with Crippen molar-refractivity contribution in [1.82, 2.24) is 9.80 Å². The maximum absolute atomic E-state index is 5.75. The smallest absolute Gasteiger partial charge is 0.173 e. The molecule has 3 rings (SSSR count). The summed E-state index contributed by atoms with van der Waals surface area (Å²) in [5.41, 5.74) is 2.42. The van der Waals surface area contributed by atoms with E-state index in [0.29, 0.717) is 0 Å². The molecule has 1 aromatic carbocycles. The van der Waals surface area contributed by atoms with E-state index in [1.54, 1.807) is 11.3 Å². The van der Waals surface area contributed by atoms with E-state index < -0.39 is 0 Å². The van der Waals surface area contributed by atoms with Crippen LogP contribution in [-0.4, -0.2) is 41.1 Å². The van der Waals surface area contributed by atoms with Gasteiger partial charge in [-0.3, -0.25) is 0 Å². The van der Waals surface area contributed by atoms with Crippen LogP contribution < -0.4 is 5.32 Å². The molecule has 2 aromatic rings. The summed E-state index contributed by atoms with van der Waals surface area (Å²) in [5.74, 6) is 0. The molecule has 0 bridgehead atoms. The van der Waals surface area contributed by atoms with Crippen LogP contribution in [0.2, 0.25) is 0 Å². The minimum absolute atomic E-state index is 0.823. The van der Waals surface area contributed by atoms with Crippen LogP contribution in [0.4, 0.5) is 5.69 Å². The van der Waals surface area contributed by atoms with Gasteiger partial charge in [0, 0.05) is 17.1 Å². The SMILES string of the molecule is CCc1ccc(NC(=S)N(CCCN2CCCC2)Cc2cccs2)cc1. The van der Waals surface area contributed by atoms with Crippen LogP contribution >= 0.6 is 23.6 Å². The number of nitrogens with zero attached hydrogens (tertiary/aromatic N) is 2. The number of hydrogen-bond acceptors (Lipinski definition) is 3. The predicted octanol–water partition coefficient (Wildman–Crippen LogP) is 5.00. The number of hydrogen-bond donors (Lipinski definition) is 1. The van der Waals surface area contributed by atoms with Crippen LogP contribution in [0.3, 0.4) is 0 Å². The van der Waals surface area contributed by atoms with E-state index in [4.69, 9.17) is 12.2 Å². The Balaban J connectivity index is 1.57. The number of benzene rings is 1. The molecule has 0 aliphatic carbocycles. The first-order valence-electron chi connectivity index (χ1n) is 9.64. The lowest BCUT2D eigenvalue weighted by Crippen LogP contribution is -2.36. The Kier molecular flexibility index (Phi) is 7.47. The van der Waals surface area contributed by atoms with Gasteiger partial charge in [0.2, 0.25) is 0 Å². The lowest BCUT2D eigenvalue weighted by molar-refractivity contribution is 0.307.